The second-order valence-corrected chi connectivity index (χ2v) is 5.83. The van der Waals surface area contributed by atoms with Gasteiger partial charge < -0.3 is 5.32 Å². The Labute approximate surface area is 115 Å². The van der Waals surface area contributed by atoms with Crippen molar-refractivity contribution in [2.75, 3.05) is 19.6 Å². The molecule has 18 heavy (non-hydrogen) atoms. The van der Waals surface area contributed by atoms with E-state index in [-0.39, 0.29) is 0 Å². The van der Waals surface area contributed by atoms with Crippen LogP contribution in [0, 0.1) is 5.92 Å². The van der Waals surface area contributed by atoms with Crippen molar-refractivity contribution in [2.24, 2.45) is 5.92 Å². The topological polar surface area (TPSA) is 15.3 Å². The van der Waals surface area contributed by atoms with Gasteiger partial charge in [0.2, 0.25) is 0 Å². The first kappa shape index (κ1) is 16.0. The van der Waals surface area contributed by atoms with E-state index in [0.29, 0.717) is 0 Å². The molecule has 1 aliphatic rings. The molecule has 0 aromatic rings. The van der Waals surface area contributed by atoms with E-state index >= 15 is 0 Å². The lowest BCUT2D eigenvalue weighted by atomic mass is 10.0. The van der Waals surface area contributed by atoms with Crippen LogP contribution in [0.15, 0.2) is 0 Å². The summed E-state index contributed by atoms with van der Waals surface area (Å²) in [6, 6.07) is 1.54. The maximum Gasteiger partial charge on any atom is 0.0249 e. The third-order valence-corrected chi connectivity index (χ3v) is 4.66. The maximum absolute atomic E-state index is 3.76. The highest BCUT2D eigenvalue weighted by molar-refractivity contribution is 4.90. The van der Waals surface area contributed by atoms with Crippen molar-refractivity contribution in [1.29, 1.82) is 0 Å². The summed E-state index contributed by atoms with van der Waals surface area (Å²) in [7, 11) is 0. The van der Waals surface area contributed by atoms with Crippen LogP contribution in [0.5, 0.6) is 0 Å². The van der Waals surface area contributed by atoms with E-state index < -0.39 is 0 Å². The molecule has 1 rings (SSSR count). The highest BCUT2D eigenvalue weighted by Gasteiger charge is 2.31. The second-order valence-electron chi connectivity index (χ2n) is 5.83. The Morgan fingerprint density at radius 3 is 2.39 bits per heavy atom. The highest BCUT2D eigenvalue weighted by Crippen LogP contribution is 2.26. The molecule has 1 saturated carbocycles. The highest BCUT2D eigenvalue weighted by atomic mass is 15.2. The van der Waals surface area contributed by atoms with E-state index in [4.69, 9.17) is 0 Å². The zero-order valence-corrected chi connectivity index (χ0v) is 13.0. The van der Waals surface area contributed by atoms with Gasteiger partial charge in [0.15, 0.2) is 0 Å². The van der Waals surface area contributed by atoms with E-state index in [1.54, 1.807) is 0 Å². The van der Waals surface area contributed by atoms with Gasteiger partial charge in [0, 0.05) is 18.6 Å². The van der Waals surface area contributed by atoms with E-state index in [2.05, 4.69) is 37.9 Å². The zero-order chi connectivity index (χ0) is 13.4. The molecule has 1 aliphatic carbocycles. The van der Waals surface area contributed by atoms with Crippen molar-refractivity contribution >= 4 is 0 Å². The summed E-state index contributed by atoms with van der Waals surface area (Å²) in [5, 5.41) is 3.76. The Morgan fingerprint density at radius 1 is 1.11 bits per heavy atom. The van der Waals surface area contributed by atoms with Gasteiger partial charge in [-0.05, 0) is 38.3 Å². The van der Waals surface area contributed by atoms with Crippen molar-refractivity contribution in [3.63, 3.8) is 0 Å². The van der Waals surface area contributed by atoms with Gasteiger partial charge in [-0.2, -0.15) is 0 Å². The zero-order valence-electron chi connectivity index (χ0n) is 13.0. The summed E-state index contributed by atoms with van der Waals surface area (Å²) in [5.74, 6) is 0.886. The summed E-state index contributed by atoms with van der Waals surface area (Å²) in [5.41, 5.74) is 0. The molecule has 0 bridgehead atoms. The van der Waals surface area contributed by atoms with Crippen molar-refractivity contribution < 1.29 is 0 Å². The van der Waals surface area contributed by atoms with Crippen LogP contribution in [-0.2, 0) is 0 Å². The minimum Gasteiger partial charge on any atom is -0.312 e. The molecule has 2 heteroatoms. The van der Waals surface area contributed by atoms with Gasteiger partial charge in [-0.3, -0.25) is 4.90 Å². The van der Waals surface area contributed by atoms with Crippen LogP contribution in [0.4, 0.5) is 0 Å². The Morgan fingerprint density at radius 2 is 1.83 bits per heavy atom. The van der Waals surface area contributed by atoms with Gasteiger partial charge in [-0.25, -0.2) is 0 Å². The smallest absolute Gasteiger partial charge is 0.0249 e. The van der Waals surface area contributed by atoms with E-state index in [1.165, 1.54) is 58.2 Å². The van der Waals surface area contributed by atoms with Crippen LogP contribution in [-0.4, -0.2) is 36.6 Å². The molecule has 2 unspecified atom stereocenters. The SMILES string of the molecule is CCCNC1CCCC1N(CC)CC(CC)CC. The Hall–Kier alpha value is -0.0800. The number of hydrogen-bond acceptors (Lipinski definition) is 2. The van der Waals surface area contributed by atoms with Crippen LogP contribution >= 0.6 is 0 Å². The number of nitrogens with zero attached hydrogens (tertiary/aromatic N) is 1. The maximum atomic E-state index is 3.76. The van der Waals surface area contributed by atoms with Gasteiger partial charge in [-0.1, -0.05) is 47.0 Å². The fraction of sp³-hybridized carbons (Fsp3) is 1.00. The van der Waals surface area contributed by atoms with Crippen LogP contribution in [0.3, 0.4) is 0 Å². The third-order valence-electron chi connectivity index (χ3n) is 4.66. The number of nitrogens with one attached hydrogen (secondary N) is 1. The summed E-state index contributed by atoms with van der Waals surface area (Å²) in [4.78, 5) is 2.75. The van der Waals surface area contributed by atoms with E-state index in [0.717, 1.165) is 18.0 Å². The standard InChI is InChI=1S/C16H34N2/c1-5-12-17-15-10-9-11-16(15)18(8-4)13-14(6-2)7-3/h14-17H,5-13H2,1-4H3. The average molecular weight is 254 g/mol. The normalized spacial score (nSPS) is 24.3. The summed E-state index contributed by atoms with van der Waals surface area (Å²) in [6.45, 7) is 13.0. The van der Waals surface area contributed by atoms with Gasteiger partial charge >= 0.3 is 0 Å². The molecule has 0 aromatic heterocycles. The summed E-state index contributed by atoms with van der Waals surface area (Å²) in [6.07, 6.45) is 8.09. The molecule has 0 heterocycles. The lowest BCUT2D eigenvalue weighted by molar-refractivity contribution is 0.150. The predicted molar refractivity (Wildman–Crippen MR) is 81.0 cm³/mol. The number of hydrogen-bond donors (Lipinski definition) is 1. The predicted octanol–water partition coefficient (Wildman–Crippen LogP) is 3.67. The fourth-order valence-corrected chi connectivity index (χ4v) is 3.32. The molecule has 0 aliphatic heterocycles. The lowest BCUT2D eigenvalue weighted by Crippen LogP contribution is -2.48. The Kier molecular flexibility index (Phi) is 7.92. The number of rotatable bonds is 9. The van der Waals surface area contributed by atoms with Crippen molar-refractivity contribution in [2.45, 2.75) is 78.3 Å². The fourth-order valence-electron chi connectivity index (χ4n) is 3.32. The summed E-state index contributed by atoms with van der Waals surface area (Å²) >= 11 is 0. The van der Waals surface area contributed by atoms with Crippen molar-refractivity contribution in [1.82, 2.24) is 10.2 Å². The quantitative estimate of drug-likeness (QED) is 0.675. The second kappa shape index (κ2) is 8.92. The molecule has 2 atom stereocenters. The third kappa shape index (κ3) is 4.55. The first-order valence-electron chi connectivity index (χ1n) is 8.24. The largest absolute Gasteiger partial charge is 0.312 e. The molecule has 2 nitrogen and oxygen atoms in total. The molecule has 0 saturated heterocycles. The van der Waals surface area contributed by atoms with Crippen molar-refractivity contribution in [3.05, 3.63) is 0 Å². The van der Waals surface area contributed by atoms with Gasteiger partial charge in [0.25, 0.3) is 0 Å². The molecule has 0 spiro atoms. The minimum atomic E-state index is 0.749. The Balaban J connectivity index is 2.51. The molecule has 0 amide bonds. The van der Waals surface area contributed by atoms with Gasteiger partial charge in [-0.15, -0.1) is 0 Å². The van der Waals surface area contributed by atoms with Crippen LogP contribution < -0.4 is 5.32 Å². The van der Waals surface area contributed by atoms with Crippen molar-refractivity contribution in [3.8, 4) is 0 Å². The molecule has 1 N–H and O–H groups in total. The molecular weight excluding hydrogens is 220 g/mol. The summed E-state index contributed by atoms with van der Waals surface area (Å²) < 4.78 is 0. The van der Waals surface area contributed by atoms with Gasteiger partial charge in [0.05, 0.1) is 0 Å². The first-order valence-corrected chi connectivity index (χ1v) is 8.24. The van der Waals surface area contributed by atoms with E-state index in [1.807, 2.05) is 0 Å². The molecule has 0 aromatic carbocycles. The molecular formula is C16H34N2. The lowest BCUT2D eigenvalue weighted by Gasteiger charge is -2.35. The molecule has 1 fully saturated rings. The average Bonchev–Trinajstić information content (AvgIpc) is 2.86. The number of likely N-dealkylation sites (N-methyl/N-ethyl adjacent to an activating group) is 1. The minimum absolute atomic E-state index is 0.749. The monoisotopic (exact) mass is 254 g/mol. The van der Waals surface area contributed by atoms with Gasteiger partial charge in [0.1, 0.15) is 0 Å². The first-order chi connectivity index (χ1) is 8.76. The van der Waals surface area contributed by atoms with Crippen LogP contribution in [0.25, 0.3) is 0 Å². The molecule has 108 valence electrons. The van der Waals surface area contributed by atoms with E-state index in [9.17, 15) is 0 Å². The molecule has 0 radical (unpaired) electrons. The Bertz CT molecular complexity index is 201. The van der Waals surface area contributed by atoms with Crippen LogP contribution in [0.1, 0.15) is 66.2 Å². The van der Waals surface area contributed by atoms with Crippen LogP contribution in [0.2, 0.25) is 0 Å².